The van der Waals surface area contributed by atoms with Crippen molar-refractivity contribution < 1.29 is 0 Å². The number of imidazole rings is 2. The second-order valence-corrected chi connectivity index (χ2v) is 4.07. The van der Waals surface area contributed by atoms with Crippen molar-refractivity contribution in [3.05, 3.63) is 42.5 Å². The Morgan fingerprint density at radius 2 is 2.00 bits per heavy atom. The van der Waals surface area contributed by atoms with Gasteiger partial charge in [-0.3, -0.25) is 4.57 Å². The summed E-state index contributed by atoms with van der Waals surface area (Å²) in [5.41, 5.74) is 3.30. The average molecular weight is 226 g/mol. The quantitative estimate of drug-likeness (QED) is 0.672. The molecule has 3 rings (SSSR count). The molecular weight excluding hydrogens is 212 g/mol. The van der Waals surface area contributed by atoms with E-state index in [1.807, 2.05) is 42.3 Å². The van der Waals surface area contributed by atoms with Crippen LogP contribution in [0.1, 0.15) is 12.6 Å². The van der Waals surface area contributed by atoms with E-state index in [1.165, 1.54) is 5.69 Å². The summed E-state index contributed by atoms with van der Waals surface area (Å²) in [6.45, 7) is 2.13. The van der Waals surface area contributed by atoms with Crippen molar-refractivity contribution in [3.63, 3.8) is 0 Å². The molecule has 4 nitrogen and oxygen atoms in total. The van der Waals surface area contributed by atoms with Crippen molar-refractivity contribution in [1.29, 1.82) is 0 Å². The molecule has 0 amide bonds. The molecule has 0 radical (unpaired) electrons. The topological polar surface area (TPSA) is 35.6 Å². The zero-order valence-electron chi connectivity index (χ0n) is 9.96. The van der Waals surface area contributed by atoms with Crippen LogP contribution in [0.5, 0.6) is 0 Å². The van der Waals surface area contributed by atoms with Gasteiger partial charge in [0, 0.05) is 12.7 Å². The Balaban J connectivity index is 2.24. The van der Waals surface area contributed by atoms with Crippen LogP contribution < -0.4 is 0 Å². The monoisotopic (exact) mass is 226 g/mol. The van der Waals surface area contributed by atoms with Gasteiger partial charge in [-0.05, 0) is 18.6 Å². The van der Waals surface area contributed by atoms with Crippen LogP contribution in [0.3, 0.4) is 0 Å². The summed E-state index contributed by atoms with van der Waals surface area (Å²) in [4.78, 5) is 8.85. The molecule has 0 saturated carbocycles. The SMILES string of the molecule is CCc1cnc(-n2cnc3ccccc32)n1C. The third-order valence-corrected chi connectivity index (χ3v) is 3.09. The number of hydrogen-bond acceptors (Lipinski definition) is 2. The number of nitrogens with zero attached hydrogens (tertiary/aromatic N) is 4. The van der Waals surface area contributed by atoms with E-state index in [9.17, 15) is 0 Å². The minimum absolute atomic E-state index is 0.913. The summed E-state index contributed by atoms with van der Waals surface area (Å²) in [6.07, 6.45) is 4.73. The number of benzene rings is 1. The molecule has 0 aliphatic rings. The minimum Gasteiger partial charge on any atom is -0.317 e. The van der Waals surface area contributed by atoms with Gasteiger partial charge < -0.3 is 4.57 Å². The number of para-hydroxylation sites is 2. The molecule has 0 saturated heterocycles. The summed E-state index contributed by atoms with van der Waals surface area (Å²) in [6, 6.07) is 8.08. The first-order chi connectivity index (χ1) is 8.31. The zero-order valence-corrected chi connectivity index (χ0v) is 9.96. The van der Waals surface area contributed by atoms with E-state index in [0.29, 0.717) is 0 Å². The molecule has 3 aromatic rings. The standard InChI is InChI=1S/C13H14N4/c1-3-10-8-14-13(16(10)2)17-9-15-11-6-4-5-7-12(11)17/h4-9H,3H2,1-2H3. The minimum atomic E-state index is 0.913. The molecule has 4 heteroatoms. The van der Waals surface area contributed by atoms with Crippen LogP contribution in [0, 0.1) is 0 Å². The predicted octanol–water partition coefficient (Wildman–Crippen LogP) is 2.32. The van der Waals surface area contributed by atoms with E-state index in [0.717, 1.165) is 23.4 Å². The van der Waals surface area contributed by atoms with Crippen molar-refractivity contribution in [2.45, 2.75) is 13.3 Å². The molecule has 0 N–H and O–H groups in total. The lowest BCUT2D eigenvalue weighted by Gasteiger charge is -2.05. The second-order valence-electron chi connectivity index (χ2n) is 4.07. The summed E-state index contributed by atoms with van der Waals surface area (Å²) in [5.74, 6) is 0.913. The Bertz CT molecular complexity index is 663. The Morgan fingerprint density at radius 3 is 2.76 bits per heavy atom. The van der Waals surface area contributed by atoms with Gasteiger partial charge in [0.05, 0.1) is 17.2 Å². The Morgan fingerprint density at radius 1 is 1.18 bits per heavy atom. The van der Waals surface area contributed by atoms with Crippen LogP contribution in [0.4, 0.5) is 0 Å². The molecule has 0 aliphatic carbocycles. The van der Waals surface area contributed by atoms with Crippen LogP contribution in [-0.2, 0) is 13.5 Å². The fourth-order valence-corrected chi connectivity index (χ4v) is 2.10. The molecule has 0 atom stereocenters. The van der Waals surface area contributed by atoms with Gasteiger partial charge in [0.1, 0.15) is 6.33 Å². The molecular formula is C13H14N4. The van der Waals surface area contributed by atoms with Crippen molar-refractivity contribution in [2.24, 2.45) is 7.05 Å². The predicted molar refractivity (Wildman–Crippen MR) is 67.2 cm³/mol. The maximum absolute atomic E-state index is 4.47. The Hall–Kier alpha value is -2.10. The number of fused-ring (bicyclic) bond motifs is 1. The van der Waals surface area contributed by atoms with Gasteiger partial charge in [-0.25, -0.2) is 9.97 Å². The van der Waals surface area contributed by atoms with Gasteiger partial charge in [-0.1, -0.05) is 19.1 Å². The number of hydrogen-bond donors (Lipinski definition) is 0. The molecule has 1 aromatic carbocycles. The lowest BCUT2D eigenvalue weighted by molar-refractivity contribution is 0.784. The lowest BCUT2D eigenvalue weighted by atomic mass is 10.3. The smallest absolute Gasteiger partial charge is 0.215 e. The average Bonchev–Trinajstić information content (AvgIpc) is 2.92. The van der Waals surface area contributed by atoms with Crippen LogP contribution in [0.2, 0.25) is 0 Å². The van der Waals surface area contributed by atoms with Crippen LogP contribution >= 0.6 is 0 Å². The highest BCUT2D eigenvalue weighted by Gasteiger charge is 2.10. The molecule has 17 heavy (non-hydrogen) atoms. The Kier molecular flexibility index (Phi) is 2.21. The van der Waals surface area contributed by atoms with Crippen molar-refractivity contribution in [2.75, 3.05) is 0 Å². The lowest BCUT2D eigenvalue weighted by Crippen LogP contribution is -2.04. The third kappa shape index (κ3) is 1.45. The van der Waals surface area contributed by atoms with Gasteiger partial charge in [0.15, 0.2) is 0 Å². The second kappa shape index (κ2) is 3.73. The van der Waals surface area contributed by atoms with Crippen LogP contribution in [0.15, 0.2) is 36.8 Å². The highest BCUT2D eigenvalue weighted by Crippen LogP contribution is 2.17. The van der Waals surface area contributed by atoms with Gasteiger partial charge in [-0.15, -0.1) is 0 Å². The maximum Gasteiger partial charge on any atom is 0.215 e. The van der Waals surface area contributed by atoms with E-state index in [4.69, 9.17) is 0 Å². The van der Waals surface area contributed by atoms with Gasteiger partial charge in [-0.2, -0.15) is 0 Å². The molecule has 2 aromatic heterocycles. The van der Waals surface area contributed by atoms with Crippen molar-refractivity contribution >= 4 is 11.0 Å². The van der Waals surface area contributed by atoms with Gasteiger partial charge in [0.2, 0.25) is 5.95 Å². The molecule has 0 unspecified atom stereocenters. The third-order valence-electron chi connectivity index (χ3n) is 3.09. The number of aromatic nitrogens is 4. The molecule has 0 bridgehead atoms. The summed E-state index contributed by atoms with van der Waals surface area (Å²) >= 11 is 0. The molecule has 86 valence electrons. The highest BCUT2D eigenvalue weighted by atomic mass is 15.2. The summed E-state index contributed by atoms with van der Waals surface area (Å²) in [7, 11) is 2.04. The van der Waals surface area contributed by atoms with E-state index in [-0.39, 0.29) is 0 Å². The van der Waals surface area contributed by atoms with E-state index in [1.54, 1.807) is 0 Å². The van der Waals surface area contributed by atoms with E-state index >= 15 is 0 Å². The molecule has 0 spiro atoms. The first kappa shape index (κ1) is 10.1. The van der Waals surface area contributed by atoms with Crippen molar-refractivity contribution in [1.82, 2.24) is 19.1 Å². The zero-order chi connectivity index (χ0) is 11.8. The summed E-state index contributed by atoms with van der Waals surface area (Å²) < 4.78 is 4.13. The fourth-order valence-electron chi connectivity index (χ4n) is 2.10. The van der Waals surface area contributed by atoms with Crippen LogP contribution in [0.25, 0.3) is 17.0 Å². The van der Waals surface area contributed by atoms with Gasteiger partial charge >= 0.3 is 0 Å². The van der Waals surface area contributed by atoms with Crippen LogP contribution in [-0.4, -0.2) is 19.1 Å². The number of rotatable bonds is 2. The Labute approximate surface area is 99.5 Å². The molecule has 0 fully saturated rings. The largest absolute Gasteiger partial charge is 0.317 e. The maximum atomic E-state index is 4.47. The first-order valence-electron chi connectivity index (χ1n) is 5.74. The highest BCUT2D eigenvalue weighted by molar-refractivity contribution is 5.76. The fraction of sp³-hybridized carbons (Fsp3) is 0.231. The first-order valence-corrected chi connectivity index (χ1v) is 5.74. The van der Waals surface area contributed by atoms with Gasteiger partial charge in [0.25, 0.3) is 0 Å². The molecule has 0 aliphatic heterocycles. The van der Waals surface area contributed by atoms with E-state index < -0.39 is 0 Å². The van der Waals surface area contributed by atoms with Crippen molar-refractivity contribution in [3.8, 4) is 5.95 Å². The number of aryl methyl sites for hydroxylation is 1. The van der Waals surface area contributed by atoms with E-state index in [2.05, 4.69) is 27.5 Å². The summed E-state index contributed by atoms with van der Waals surface area (Å²) in [5, 5.41) is 0. The normalized spacial score (nSPS) is 11.2. The molecule has 2 heterocycles.